The third-order valence-electron chi connectivity index (χ3n) is 2.51. The molecular weight excluding hydrogens is 279 g/mol. The molecule has 1 rings (SSSR count). The molecular formula is C12H14Cl2O4. The minimum Gasteiger partial charge on any atom is -0.504 e. The van der Waals surface area contributed by atoms with Crippen molar-refractivity contribution in [2.75, 3.05) is 6.61 Å². The molecule has 0 unspecified atom stereocenters. The lowest BCUT2D eigenvalue weighted by Crippen LogP contribution is -2.05. The number of carbonyl (C=O) groups is 1. The fraction of sp³-hybridized carbons (Fsp3) is 0.417. The van der Waals surface area contributed by atoms with Gasteiger partial charge in [0.15, 0.2) is 11.5 Å². The number of benzene rings is 1. The summed E-state index contributed by atoms with van der Waals surface area (Å²) in [6.07, 6.45) is 1.67. The van der Waals surface area contributed by atoms with Gasteiger partial charge in [-0.2, -0.15) is 0 Å². The van der Waals surface area contributed by atoms with Crippen molar-refractivity contribution in [2.45, 2.75) is 26.7 Å². The van der Waals surface area contributed by atoms with Gasteiger partial charge in [0.05, 0.1) is 11.6 Å². The third-order valence-corrected chi connectivity index (χ3v) is 3.44. The molecule has 0 bridgehead atoms. The maximum atomic E-state index is 11.1. The molecule has 0 amide bonds. The number of hydrogen-bond donors (Lipinski definition) is 2. The molecule has 0 atom stereocenters. The Bertz CT molecular complexity index is 472. The quantitative estimate of drug-likeness (QED) is 0.808. The molecule has 0 aromatic heterocycles. The Kier molecular flexibility index (Phi) is 5.11. The van der Waals surface area contributed by atoms with Crippen LogP contribution in [0.3, 0.4) is 0 Å². The number of rotatable bonds is 5. The lowest BCUT2D eigenvalue weighted by Gasteiger charge is -2.15. The fourth-order valence-electron chi connectivity index (χ4n) is 1.48. The van der Waals surface area contributed by atoms with Gasteiger partial charge in [-0.05, 0) is 18.9 Å². The van der Waals surface area contributed by atoms with Gasteiger partial charge in [-0.1, -0.05) is 36.5 Å². The van der Waals surface area contributed by atoms with Crippen LogP contribution in [0, 0.1) is 6.92 Å². The maximum Gasteiger partial charge on any atom is 0.339 e. The highest BCUT2D eigenvalue weighted by molar-refractivity contribution is 6.44. The fourth-order valence-corrected chi connectivity index (χ4v) is 1.95. The molecule has 0 spiro atoms. The van der Waals surface area contributed by atoms with E-state index in [1.807, 2.05) is 6.92 Å². The first-order valence-electron chi connectivity index (χ1n) is 5.48. The number of aromatic carboxylic acids is 1. The summed E-state index contributed by atoms with van der Waals surface area (Å²) in [7, 11) is 0. The van der Waals surface area contributed by atoms with E-state index in [0.29, 0.717) is 6.61 Å². The first-order chi connectivity index (χ1) is 8.41. The summed E-state index contributed by atoms with van der Waals surface area (Å²) >= 11 is 11.9. The van der Waals surface area contributed by atoms with E-state index in [2.05, 4.69) is 0 Å². The van der Waals surface area contributed by atoms with Crippen LogP contribution in [0.2, 0.25) is 10.0 Å². The Balaban J connectivity index is 3.29. The van der Waals surface area contributed by atoms with Crippen LogP contribution in [0.25, 0.3) is 0 Å². The van der Waals surface area contributed by atoms with E-state index in [1.165, 1.54) is 6.92 Å². The average Bonchev–Trinajstić information content (AvgIpc) is 2.30. The van der Waals surface area contributed by atoms with E-state index in [1.54, 1.807) is 0 Å². The van der Waals surface area contributed by atoms with Gasteiger partial charge in [-0.3, -0.25) is 0 Å². The summed E-state index contributed by atoms with van der Waals surface area (Å²) in [6, 6.07) is 0. The number of ether oxygens (including phenoxy) is 1. The van der Waals surface area contributed by atoms with Crippen molar-refractivity contribution in [3.05, 3.63) is 21.2 Å². The van der Waals surface area contributed by atoms with E-state index in [4.69, 9.17) is 33.0 Å². The molecule has 0 saturated carbocycles. The topological polar surface area (TPSA) is 66.8 Å². The second kappa shape index (κ2) is 6.16. The van der Waals surface area contributed by atoms with Crippen molar-refractivity contribution in [3.63, 3.8) is 0 Å². The highest BCUT2D eigenvalue weighted by Gasteiger charge is 2.24. The molecule has 2 N–H and O–H groups in total. The average molecular weight is 293 g/mol. The van der Waals surface area contributed by atoms with Crippen molar-refractivity contribution in [2.24, 2.45) is 0 Å². The first-order valence-corrected chi connectivity index (χ1v) is 6.24. The van der Waals surface area contributed by atoms with Crippen molar-refractivity contribution in [3.8, 4) is 11.5 Å². The van der Waals surface area contributed by atoms with Crippen LogP contribution in [0.15, 0.2) is 0 Å². The minimum absolute atomic E-state index is 0.0350. The number of carboxylic acids is 1. The van der Waals surface area contributed by atoms with E-state index >= 15 is 0 Å². The van der Waals surface area contributed by atoms with Gasteiger partial charge in [0, 0.05) is 0 Å². The molecule has 18 heavy (non-hydrogen) atoms. The highest BCUT2D eigenvalue weighted by atomic mass is 35.5. The van der Waals surface area contributed by atoms with E-state index in [-0.39, 0.29) is 26.9 Å². The number of carboxylic acid groups (broad SMARTS) is 1. The molecule has 4 nitrogen and oxygen atoms in total. The van der Waals surface area contributed by atoms with Crippen molar-refractivity contribution in [1.29, 1.82) is 0 Å². The Morgan fingerprint density at radius 2 is 1.94 bits per heavy atom. The Morgan fingerprint density at radius 3 is 2.44 bits per heavy atom. The number of phenols is 1. The van der Waals surface area contributed by atoms with Crippen molar-refractivity contribution < 1.29 is 19.7 Å². The lowest BCUT2D eigenvalue weighted by atomic mass is 10.1. The van der Waals surface area contributed by atoms with Gasteiger partial charge in [0.1, 0.15) is 10.6 Å². The molecule has 0 aliphatic carbocycles. The maximum absolute atomic E-state index is 11.1. The number of halogens is 2. The molecule has 0 fully saturated rings. The monoisotopic (exact) mass is 292 g/mol. The Morgan fingerprint density at radius 1 is 1.33 bits per heavy atom. The zero-order chi connectivity index (χ0) is 13.9. The van der Waals surface area contributed by atoms with Gasteiger partial charge in [0.25, 0.3) is 0 Å². The lowest BCUT2D eigenvalue weighted by molar-refractivity contribution is 0.0692. The van der Waals surface area contributed by atoms with E-state index in [9.17, 15) is 9.90 Å². The summed E-state index contributed by atoms with van der Waals surface area (Å²) < 4.78 is 5.30. The Hall–Kier alpha value is -1.13. The second-order valence-electron chi connectivity index (χ2n) is 3.81. The van der Waals surface area contributed by atoms with Gasteiger partial charge < -0.3 is 14.9 Å². The SMILES string of the molecule is CCCCOc1c(O)c(C(=O)O)c(C)c(Cl)c1Cl. The van der Waals surface area contributed by atoms with Gasteiger partial charge in [-0.25, -0.2) is 4.79 Å². The van der Waals surface area contributed by atoms with Crippen LogP contribution in [0.4, 0.5) is 0 Å². The zero-order valence-corrected chi connectivity index (χ0v) is 11.6. The third kappa shape index (κ3) is 2.82. The molecule has 6 heteroatoms. The van der Waals surface area contributed by atoms with E-state index < -0.39 is 11.7 Å². The Labute approximate surface area is 115 Å². The molecule has 0 aliphatic rings. The molecule has 0 aliphatic heterocycles. The molecule has 0 saturated heterocycles. The molecule has 0 heterocycles. The smallest absolute Gasteiger partial charge is 0.339 e. The van der Waals surface area contributed by atoms with Crippen molar-refractivity contribution >= 4 is 29.2 Å². The molecule has 1 aromatic rings. The summed E-state index contributed by atoms with van der Waals surface area (Å²) in [5, 5.41) is 19.1. The number of unbranched alkanes of at least 4 members (excludes halogenated alkanes) is 1. The minimum atomic E-state index is -1.27. The summed E-state index contributed by atoms with van der Waals surface area (Å²) in [5.41, 5.74) is -0.0644. The molecule has 1 aromatic carbocycles. The first kappa shape index (κ1) is 14.9. The zero-order valence-electron chi connectivity index (χ0n) is 10.1. The van der Waals surface area contributed by atoms with Crippen LogP contribution in [-0.4, -0.2) is 22.8 Å². The predicted molar refractivity (Wildman–Crippen MR) is 70.2 cm³/mol. The summed E-state index contributed by atoms with van der Waals surface area (Å²) in [6.45, 7) is 3.80. The predicted octanol–water partition coefficient (Wildman–Crippen LogP) is 3.88. The van der Waals surface area contributed by atoms with E-state index in [0.717, 1.165) is 12.8 Å². The van der Waals surface area contributed by atoms with Crippen LogP contribution in [-0.2, 0) is 0 Å². The normalized spacial score (nSPS) is 10.4. The van der Waals surface area contributed by atoms with Crippen LogP contribution in [0.1, 0.15) is 35.7 Å². The van der Waals surface area contributed by atoms with Gasteiger partial charge >= 0.3 is 5.97 Å². The standard InChI is InChI=1S/C12H14Cl2O4/c1-3-4-5-18-11-9(14)8(13)6(2)7(10(11)15)12(16)17/h15H,3-5H2,1-2H3,(H,16,17). The largest absolute Gasteiger partial charge is 0.504 e. The van der Waals surface area contributed by atoms with Crippen LogP contribution in [0.5, 0.6) is 11.5 Å². The van der Waals surface area contributed by atoms with Gasteiger partial charge in [0.2, 0.25) is 0 Å². The second-order valence-corrected chi connectivity index (χ2v) is 4.57. The number of aromatic hydroxyl groups is 1. The summed E-state index contributed by atoms with van der Waals surface area (Å²) in [4.78, 5) is 11.1. The highest BCUT2D eigenvalue weighted by Crippen LogP contribution is 2.44. The van der Waals surface area contributed by atoms with Crippen molar-refractivity contribution in [1.82, 2.24) is 0 Å². The number of hydrogen-bond acceptors (Lipinski definition) is 3. The van der Waals surface area contributed by atoms with Crippen LogP contribution < -0.4 is 4.74 Å². The van der Waals surface area contributed by atoms with Gasteiger partial charge in [-0.15, -0.1) is 0 Å². The molecule has 100 valence electrons. The van der Waals surface area contributed by atoms with Crippen LogP contribution >= 0.6 is 23.2 Å². The molecule has 0 radical (unpaired) electrons. The summed E-state index contributed by atoms with van der Waals surface area (Å²) in [5.74, 6) is -1.83.